The Morgan fingerprint density at radius 3 is 2.14 bits per heavy atom. The molecule has 200 valence electrons. The highest BCUT2D eigenvalue weighted by Crippen LogP contribution is 2.06. The summed E-state index contributed by atoms with van der Waals surface area (Å²) in [6.45, 7) is 0. The minimum Gasteiger partial charge on any atom is -0.481 e. The number of hydrogen-bond donors (Lipinski definition) is 8. The average molecular weight is 530 g/mol. The van der Waals surface area contributed by atoms with Gasteiger partial charge in [-0.25, -0.2) is 9.78 Å². The number of H-pyrrole nitrogens is 1. The summed E-state index contributed by atoms with van der Waals surface area (Å²) < 4.78 is 0. The number of nitrogens with two attached hydrogens (primary N) is 2. The monoisotopic (exact) mass is 529 g/mol. The topological polar surface area (TPSA) is 260 Å². The van der Waals surface area contributed by atoms with Crippen molar-refractivity contribution in [3.8, 4) is 0 Å². The van der Waals surface area contributed by atoms with Crippen LogP contribution in [-0.4, -0.2) is 91.9 Å². The SMILES string of the molecule is CSCCC(NC(=O)C(N)CC(=O)O)C(=O)NC(Cc1cnc[nH]1)C(=O)NC(CCC(N)=O)C(=O)O. The van der Waals surface area contributed by atoms with Crippen molar-refractivity contribution in [1.82, 2.24) is 25.9 Å². The van der Waals surface area contributed by atoms with Crippen molar-refractivity contribution in [1.29, 1.82) is 0 Å². The smallest absolute Gasteiger partial charge is 0.326 e. The Kier molecular flexibility index (Phi) is 13.0. The van der Waals surface area contributed by atoms with E-state index >= 15 is 0 Å². The highest BCUT2D eigenvalue weighted by atomic mass is 32.2. The van der Waals surface area contributed by atoms with Crippen molar-refractivity contribution in [2.24, 2.45) is 11.5 Å². The lowest BCUT2D eigenvalue weighted by molar-refractivity contribution is -0.142. The number of rotatable bonds is 17. The second kappa shape index (κ2) is 15.4. The van der Waals surface area contributed by atoms with Crippen LogP contribution in [0.4, 0.5) is 0 Å². The number of imidazole rings is 1. The first-order valence-electron chi connectivity index (χ1n) is 10.8. The lowest BCUT2D eigenvalue weighted by Crippen LogP contribution is -2.58. The molecule has 0 radical (unpaired) electrons. The van der Waals surface area contributed by atoms with Gasteiger partial charge in [-0.1, -0.05) is 0 Å². The van der Waals surface area contributed by atoms with E-state index in [9.17, 15) is 33.9 Å². The van der Waals surface area contributed by atoms with Gasteiger partial charge in [0, 0.05) is 24.7 Å². The van der Waals surface area contributed by atoms with E-state index in [-0.39, 0.29) is 25.7 Å². The largest absolute Gasteiger partial charge is 0.481 e. The van der Waals surface area contributed by atoms with Crippen LogP contribution >= 0.6 is 11.8 Å². The highest BCUT2D eigenvalue weighted by molar-refractivity contribution is 7.98. The fourth-order valence-corrected chi connectivity index (χ4v) is 3.45. The number of carboxylic acid groups (broad SMARTS) is 2. The first-order valence-corrected chi connectivity index (χ1v) is 12.2. The van der Waals surface area contributed by atoms with Crippen LogP contribution in [0.1, 0.15) is 31.4 Å². The fourth-order valence-electron chi connectivity index (χ4n) is 2.98. The van der Waals surface area contributed by atoms with E-state index in [1.54, 1.807) is 6.26 Å². The van der Waals surface area contributed by atoms with Crippen LogP contribution in [0.15, 0.2) is 12.5 Å². The van der Waals surface area contributed by atoms with Gasteiger partial charge in [-0.3, -0.25) is 24.0 Å². The van der Waals surface area contributed by atoms with Crippen LogP contribution in [0.25, 0.3) is 0 Å². The lowest BCUT2D eigenvalue weighted by Gasteiger charge is -2.25. The number of hydrogen-bond acceptors (Lipinski definition) is 9. The molecular formula is C20H31N7O8S. The van der Waals surface area contributed by atoms with Gasteiger partial charge in [0.05, 0.1) is 18.8 Å². The highest BCUT2D eigenvalue weighted by Gasteiger charge is 2.31. The molecule has 10 N–H and O–H groups in total. The fraction of sp³-hybridized carbons (Fsp3) is 0.550. The normalized spacial score (nSPS) is 14.1. The maximum Gasteiger partial charge on any atom is 0.326 e. The molecule has 4 atom stereocenters. The van der Waals surface area contributed by atoms with E-state index in [0.29, 0.717) is 11.4 Å². The molecule has 1 heterocycles. The molecule has 36 heavy (non-hydrogen) atoms. The third kappa shape index (κ3) is 11.2. The summed E-state index contributed by atoms with van der Waals surface area (Å²) in [6, 6.07) is -5.26. The van der Waals surface area contributed by atoms with Crippen LogP contribution in [0.5, 0.6) is 0 Å². The number of nitrogens with one attached hydrogen (secondary N) is 4. The molecule has 0 spiro atoms. The number of thioether (sulfide) groups is 1. The predicted octanol–water partition coefficient (Wildman–Crippen LogP) is -2.69. The number of carbonyl (C=O) groups excluding carboxylic acids is 4. The number of carbonyl (C=O) groups is 6. The number of aromatic nitrogens is 2. The van der Waals surface area contributed by atoms with Gasteiger partial charge in [0.15, 0.2) is 0 Å². The molecule has 0 aliphatic heterocycles. The number of amides is 4. The van der Waals surface area contributed by atoms with Gasteiger partial charge < -0.3 is 42.6 Å². The quantitative estimate of drug-likeness (QED) is 0.103. The Bertz CT molecular complexity index is 927. The minimum atomic E-state index is -1.44. The van der Waals surface area contributed by atoms with Crippen LogP contribution in [0.3, 0.4) is 0 Å². The number of aromatic amines is 1. The molecule has 1 aromatic heterocycles. The Labute approximate surface area is 210 Å². The van der Waals surface area contributed by atoms with Gasteiger partial charge in [0.2, 0.25) is 23.6 Å². The van der Waals surface area contributed by atoms with Crippen molar-refractivity contribution in [2.75, 3.05) is 12.0 Å². The van der Waals surface area contributed by atoms with Crippen molar-refractivity contribution < 1.29 is 39.0 Å². The summed E-state index contributed by atoms with van der Waals surface area (Å²) in [5, 5.41) is 25.4. The summed E-state index contributed by atoms with van der Waals surface area (Å²) in [5.74, 6) is -5.46. The van der Waals surface area contributed by atoms with E-state index in [2.05, 4.69) is 25.9 Å². The van der Waals surface area contributed by atoms with Crippen molar-refractivity contribution in [3.63, 3.8) is 0 Å². The zero-order chi connectivity index (χ0) is 27.3. The van der Waals surface area contributed by atoms with E-state index in [1.807, 2.05) is 0 Å². The standard InChI is InChI=1S/C20H31N7O8S/c1-36-5-4-12(25-17(31)11(21)7-16(29)30)18(32)27-14(6-10-8-23-9-24-10)19(33)26-13(20(34)35)2-3-15(22)28/h8-9,11-14H,2-7,21H2,1H3,(H2,22,28)(H,23,24)(H,25,31)(H,26,33)(H,27,32)(H,29,30)(H,34,35). The summed E-state index contributed by atoms with van der Waals surface area (Å²) in [7, 11) is 0. The van der Waals surface area contributed by atoms with Crippen LogP contribution < -0.4 is 27.4 Å². The lowest BCUT2D eigenvalue weighted by atomic mass is 10.1. The molecule has 4 unspecified atom stereocenters. The first kappa shape index (κ1) is 30.4. The van der Waals surface area contributed by atoms with Gasteiger partial charge >= 0.3 is 11.9 Å². The molecule has 0 fully saturated rings. The third-order valence-electron chi connectivity index (χ3n) is 4.88. The first-order chi connectivity index (χ1) is 16.9. The second-order valence-corrected chi connectivity index (χ2v) is 8.78. The summed E-state index contributed by atoms with van der Waals surface area (Å²) in [6.07, 6.45) is 3.41. The minimum absolute atomic E-state index is 0.0958. The molecule has 4 amide bonds. The molecule has 15 nitrogen and oxygen atoms in total. The van der Waals surface area contributed by atoms with Gasteiger partial charge in [-0.05, 0) is 24.9 Å². The average Bonchev–Trinajstić information content (AvgIpc) is 3.30. The van der Waals surface area contributed by atoms with Gasteiger partial charge in [-0.15, -0.1) is 0 Å². The molecule has 1 rings (SSSR count). The van der Waals surface area contributed by atoms with E-state index in [0.717, 1.165) is 0 Å². The Hall–Kier alpha value is -3.66. The van der Waals surface area contributed by atoms with Gasteiger partial charge in [0.1, 0.15) is 18.1 Å². The molecule has 0 saturated heterocycles. The summed E-state index contributed by atoms with van der Waals surface area (Å²) in [5.41, 5.74) is 11.1. The molecule has 0 bridgehead atoms. The van der Waals surface area contributed by atoms with Crippen LogP contribution in [0.2, 0.25) is 0 Å². The van der Waals surface area contributed by atoms with Crippen molar-refractivity contribution in [3.05, 3.63) is 18.2 Å². The molecule has 16 heteroatoms. The molecule has 1 aromatic rings. The van der Waals surface area contributed by atoms with E-state index < -0.39 is 66.2 Å². The Morgan fingerprint density at radius 2 is 1.61 bits per heavy atom. The van der Waals surface area contributed by atoms with Crippen LogP contribution in [-0.2, 0) is 35.2 Å². The Balaban J connectivity index is 3.04. The van der Waals surface area contributed by atoms with Crippen molar-refractivity contribution >= 4 is 47.3 Å². The molecular weight excluding hydrogens is 498 g/mol. The van der Waals surface area contributed by atoms with Gasteiger partial charge in [0.25, 0.3) is 0 Å². The summed E-state index contributed by atoms with van der Waals surface area (Å²) >= 11 is 1.39. The summed E-state index contributed by atoms with van der Waals surface area (Å²) in [4.78, 5) is 78.3. The third-order valence-corrected chi connectivity index (χ3v) is 5.52. The van der Waals surface area contributed by atoms with E-state index in [4.69, 9.17) is 16.6 Å². The zero-order valence-electron chi connectivity index (χ0n) is 19.6. The molecule has 0 aromatic carbocycles. The maximum atomic E-state index is 13.0. The second-order valence-electron chi connectivity index (χ2n) is 7.79. The number of aliphatic carboxylic acids is 2. The molecule has 0 aliphatic carbocycles. The zero-order valence-corrected chi connectivity index (χ0v) is 20.4. The van der Waals surface area contributed by atoms with Crippen molar-refractivity contribution in [2.45, 2.75) is 56.3 Å². The molecule has 0 aliphatic rings. The predicted molar refractivity (Wildman–Crippen MR) is 127 cm³/mol. The van der Waals surface area contributed by atoms with E-state index in [1.165, 1.54) is 24.3 Å². The maximum absolute atomic E-state index is 13.0. The Morgan fingerprint density at radius 1 is 1.00 bits per heavy atom. The number of primary amides is 1. The number of carboxylic acids is 2. The van der Waals surface area contributed by atoms with Crippen LogP contribution in [0, 0.1) is 0 Å². The number of nitrogens with zero attached hydrogens (tertiary/aromatic N) is 1. The van der Waals surface area contributed by atoms with Gasteiger partial charge in [-0.2, -0.15) is 11.8 Å². The molecule has 0 saturated carbocycles.